The second-order valence-electron chi connectivity index (χ2n) is 9.27. The monoisotopic (exact) mass is 463 g/mol. The van der Waals surface area contributed by atoms with Crippen LogP contribution in [0.25, 0.3) is 5.69 Å². The van der Waals surface area contributed by atoms with Gasteiger partial charge in [0.1, 0.15) is 5.75 Å². The second-order valence-corrected chi connectivity index (χ2v) is 9.27. The normalized spacial score (nSPS) is 14.5. The maximum atomic E-state index is 10.6. The Bertz CT molecular complexity index is 1030. The minimum atomic E-state index is -0.511. The van der Waals surface area contributed by atoms with Crippen molar-refractivity contribution in [2.75, 3.05) is 19.8 Å². The highest BCUT2D eigenvalue weighted by Gasteiger charge is 2.32. The topological polar surface area (TPSA) is 59.8 Å². The third-order valence-corrected chi connectivity index (χ3v) is 6.20. The van der Waals surface area contributed by atoms with Crippen LogP contribution < -0.4 is 4.74 Å². The largest absolute Gasteiger partial charge is 0.439 e. The van der Waals surface area contributed by atoms with Gasteiger partial charge in [0.25, 0.3) is 0 Å². The molecule has 34 heavy (non-hydrogen) atoms. The summed E-state index contributed by atoms with van der Waals surface area (Å²) in [6.07, 6.45) is 3.92. The SMILES string of the molecule is CCCCOC[C@@H](O)CN(Cc1c(C)nn(-c2ccccc2)c1Oc1ccc(C)cc1)C1CC1. The summed E-state index contributed by atoms with van der Waals surface area (Å²) < 4.78 is 14.0. The van der Waals surface area contributed by atoms with E-state index in [4.69, 9.17) is 14.6 Å². The third kappa shape index (κ3) is 6.47. The summed E-state index contributed by atoms with van der Waals surface area (Å²) in [6.45, 7) is 8.58. The fraction of sp³-hybridized carbons (Fsp3) is 0.464. The van der Waals surface area contributed by atoms with Crippen molar-refractivity contribution in [3.05, 3.63) is 71.4 Å². The predicted octanol–water partition coefficient (Wildman–Crippen LogP) is 5.42. The van der Waals surface area contributed by atoms with E-state index in [2.05, 4.69) is 30.9 Å². The van der Waals surface area contributed by atoms with Crippen molar-refractivity contribution in [1.29, 1.82) is 0 Å². The van der Waals surface area contributed by atoms with Gasteiger partial charge in [0.15, 0.2) is 0 Å². The number of hydrogen-bond donors (Lipinski definition) is 1. The molecule has 0 radical (unpaired) electrons. The van der Waals surface area contributed by atoms with Crippen molar-refractivity contribution in [3.8, 4) is 17.3 Å². The van der Waals surface area contributed by atoms with E-state index in [0.29, 0.717) is 32.3 Å². The van der Waals surface area contributed by atoms with Crippen LogP contribution in [0.5, 0.6) is 11.6 Å². The van der Waals surface area contributed by atoms with E-state index < -0.39 is 6.10 Å². The molecule has 3 aromatic rings. The first-order valence-electron chi connectivity index (χ1n) is 12.4. The fourth-order valence-corrected chi connectivity index (χ4v) is 4.06. The van der Waals surface area contributed by atoms with Gasteiger partial charge in [0.05, 0.1) is 29.7 Å². The summed E-state index contributed by atoms with van der Waals surface area (Å²) in [5.41, 5.74) is 4.14. The standard InChI is InChI=1S/C28H37N3O3/c1-4-5-17-33-20-25(32)18-30(23-13-14-23)19-27-22(3)29-31(24-9-7-6-8-10-24)28(27)34-26-15-11-21(2)12-16-26/h6-12,15-16,23,25,32H,4-5,13-14,17-20H2,1-3H3/t25-/m0/s1. The summed E-state index contributed by atoms with van der Waals surface area (Å²) in [5.74, 6) is 1.51. The van der Waals surface area contributed by atoms with Gasteiger partial charge in [-0.2, -0.15) is 5.10 Å². The van der Waals surface area contributed by atoms with E-state index in [0.717, 1.165) is 54.3 Å². The molecule has 1 fully saturated rings. The lowest BCUT2D eigenvalue weighted by Crippen LogP contribution is -2.36. The Hall–Kier alpha value is -2.67. The van der Waals surface area contributed by atoms with E-state index >= 15 is 0 Å². The number of aliphatic hydroxyl groups is 1. The van der Waals surface area contributed by atoms with Gasteiger partial charge in [-0.25, -0.2) is 4.68 Å². The fourth-order valence-electron chi connectivity index (χ4n) is 4.06. The van der Waals surface area contributed by atoms with Crippen LogP contribution in [0.15, 0.2) is 54.6 Å². The maximum Gasteiger partial charge on any atom is 0.227 e. The smallest absolute Gasteiger partial charge is 0.227 e. The van der Waals surface area contributed by atoms with E-state index in [1.54, 1.807) is 0 Å². The van der Waals surface area contributed by atoms with Crippen LogP contribution in [-0.2, 0) is 11.3 Å². The van der Waals surface area contributed by atoms with Crippen molar-refractivity contribution in [2.24, 2.45) is 0 Å². The lowest BCUT2D eigenvalue weighted by Gasteiger charge is -2.25. The summed E-state index contributed by atoms with van der Waals surface area (Å²) >= 11 is 0. The third-order valence-electron chi connectivity index (χ3n) is 6.20. The van der Waals surface area contributed by atoms with Crippen molar-refractivity contribution in [3.63, 3.8) is 0 Å². The first-order valence-corrected chi connectivity index (χ1v) is 12.4. The number of aryl methyl sites for hydroxylation is 2. The summed E-state index contributed by atoms with van der Waals surface area (Å²) in [7, 11) is 0. The average molecular weight is 464 g/mol. The first kappa shape index (κ1) is 24.5. The summed E-state index contributed by atoms with van der Waals surface area (Å²) in [5, 5.41) is 15.5. The average Bonchev–Trinajstić information content (AvgIpc) is 3.65. The van der Waals surface area contributed by atoms with Crippen LogP contribution >= 0.6 is 0 Å². The molecule has 0 amide bonds. The highest BCUT2D eigenvalue weighted by Crippen LogP contribution is 2.35. The van der Waals surface area contributed by atoms with Crippen molar-refractivity contribution < 1.29 is 14.6 Å². The zero-order valence-electron chi connectivity index (χ0n) is 20.6. The number of hydrogen-bond acceptors (Lipinski definition) is 5. The highest BCUT2D eigenvalue weighted by atomic mass is 16.5. The summed E-state index contributed by atoms with van der Waals surface area (Å²) in [6, 6.07) is 18.7. The van der Waals surface area contributed by atoms with Crippen LogP contribution in [0.1, 0.15) is 49.4 Å². The maximum absolute atomic E-state index is 10.6. The quantitative estimate of drug-likeness (QED) is 0.343. The van der Waals surface area contributed by atoms with Gasteiger partial charge >= 0.3 is 0 Å². The second kappa shape index (κ2) is 11.6. The van der Waals surface area contributed by atoms with Gasteiger partial charge in [-0.05, 0) is 57.4 Å². The van der Waals surface area contributed by atoms with Crippen LogP contribution in [0.3, 0.4) is 0 Å². The van der Waals surface area contributed by atoms with Crippen molar-refractivity contribution in [1.82, 2.24) is 14.7 Å². The Kier molecular flexibility index (Phi) is 8.38. The van der Waals surface area contributed by atoms with Crippen LogP contribution in [0, 0.1) is 13.8 Å². The molecule has 1 heterocycles. The van der Waals surface area contributed by atoms with Gasteiger partial charge in [0, 0.05) is 25.7 Å². The highest BCUT2D eigenvalue weighted by molar-refractivity contribution is 5.43. The van der Waals surface area contributed by atoms with Gasteiger partial charge in [0.2, 0.25) is 5.88 Å². The molecule has 1 aromatic heterocycles. The van der Waals surface area contributed by atoms with Crippen molar-refractivity contribution >= 4 is 0 Å². The molecule has 4 rings (SSSR count). The van der Waals surface area contributed by atoms with E-state index in [1.807, 2.05) is 54.1 Å². The van der Waals surface area contributed by atoms with Gasteiger partial charge in [-0.3, -0.25) is 4.90 Å². The molecular weight excluding hydrogens is 426 g/mol. The Morgan fingerprint density at radius 3 is 2.50 bits per heavy atom. The van der Waals surface area contributed by atoms with Crippen molar-refractivity contribution in [2.45, 2.75) is 65.1 Å². The molecule has 182 valence electrons. The Morgan fingerprint density at radius 2 is 1.82 bits per heavy atom. The van der Waals surface area contributed by atoms with E-state index in [1.165, 1.54) is 5.56 Å². The molecule has 1 aliphatic carbocycles. The molecule has 2 aromatic carbocycles. The number of rotatable bonds is 13. The van der Waals surface area contributed by atoms with E-state index in [9.17, 15) is 5.11 Å². The Labute approximate surface area is 203 Å². The molecule has 1 N–H and O–H groups in total. The minimum Gasteiger partial charge on any atom is -0.439 e. The Morgan fingerprint density at radius 1 is 1.09 bits per heavy atom. The number of para-hydroxylation sites is 1. The molecule has 6 heteroatoms. The van der Waals surface area contributed by atoms with Crippen LogP contribution in [0.4, 0.5) is 0 Å². The number of aliphatic hydroxyl groups excluding tert-OH is 1. The number of unbranched alkanes of at least 4 members (excludes halogenated alkanes) is 1. The minimum absolute atomic E-state index is 0.373. The molecular formula is C28H37N3O3. The summed E-state index contributed by atoms with van der Waals surface area (Å²) in [4.78, 5) is 2.36. The molecule has 0 aliphatic heterocycles. The zero-order chi connectivity index (χ0) is 23.9. The number of nitrogens with zero attached hydrogens (tertiary/aromatic N) is 3. The van der Waals surface area contributed by atoms with Crippen LogP contribution in [0.2, 0.25) is 0 Å². The van der Waals surface area contributed by atoms with Gasteiger partial charge < -0.3 is 14.6 Å². The predicted molar refractivity (Wildman–Crippen MR) is 135 cm³/mol. The molecule has 6 nitrogen and oxygen atoms in total. The van der Waals surface area contributed by atoms with Gasteiger partial charge in [-0.1, -0.05) is 49.2 Å². The molecule has 1 saturated carbocycles. The molecule has 0 spiro atoms. The number of benzene rings is 2. The zero-order valence-corrected chi connectivity index (χ0v) is 20.6. The molecule has 0 bridgehead atoms. The molecule has 0 unspecified atom stereocenters. The number of ether oxygens (including phenoxy) is 2. The lowest BCUT2D eigenvalue weighted by atomic mass is 10.2. The Balaban J connectivity index is 1.58. The molecule has 1 aliphatic rings. The molecule has 0 saturated heterocycles. The number of aromatic nitrogens is 2. The molecule has 1 atom stereocenters. The first-order chi connectivity index (χ1) is 16.5. The van der Waals surface area contributed by atoms with Gasteiger partial charge in [-0.15, -0.1) is 0 Å². The van der Waals surface area contributed by atoms with Crippen LogP contribution in [-0.4, -0.2) is 51.7 Å². The lowest BCUT2D eigenvalue weighted by molar-refractivity contribution is 0.0127. The van der Waals surface area contributed by atoms with E-state index in [-0.39, 0.29) is 0 Å².